The van der Waals surface area contributed by atoms with Crippen molar-refractivity contribution in [3.8, 4) is 0 Å². The minimum atomic E-state index is 0.0806. The number of amides is 1. The van der Waals surface area contributed by atoms with Gasteiger partial charge in [-0.2, -0.15) is 0 Å². The van der Waals surface area contributed by atoms with Crippen LogP contribution >= 0.6 is 11.8 Å². The summed E-state index contributed by atoms with van der Waals surface area (Å²) in [7, 11) is 2.13. The summed E-state index contributed by atoms with van der Waals surface area (Å²) in [5.41, 5.74) is 3.77. The molecular formula is C20H25N2OS+. The topological polar surface area (TPSA) is 33.5 Å². The Kier molecular flexibility index (Phi) is 5.59. The monoisotopic (exact) mass is 341 g/mol. The van der Waals surface area contributed by atoms with Crippen molar-refractivity contribution in [3.63, 3.8) is 0 Å². The molecule has 0 aromatic heterocycles. The molecule has 1 unspecified atom stereocenters. The smallest absolute Gasteiger partial charge is 0.279 e. The van der Waals surface area contributed by atoms with Crippen molar-refractivity contribution in [3.05, 3.63) is 59.7 Å². The molecule has 2 atom stereocenters. The predicted octanol–water partition coefficient (Wildman–Crippen LogP) is 2.94. The van der Waals surface area contributed by atoms with Crippen molar-refractivity contribution < 1.29 is 9.69 Å². The number of carbonyl (C=O) groups excluding carboxylic acids is 1. The lowest BCUT2D eigenvalue weighted by Gasteiger charge is -2.30. The number of likely N-dealkylation sites (N-methyl/N-ethyl adjacent to an activating group) is 1. The number of hydrogen-bond acceptors (Lipinski definition) is 2. The Labute approximate surface area is 148 Å². The van der Waals surface area contributed by atoms with Gasteiger partial charge in [0.2, 0.25) is 0 Å². The number of para-hydroxylation sites is 1. The summed E-state index contributed by atoms with van der Waals surface area (Å²) < 4.78 is 0. The first-order valence-electron chi connectivity index (χ1n) is 8.52. The Morgan fingerprint density at radius 3 is 2.79 bits per heavy atom. The zero-order valence-electron chi connectivity index (χ0n) is 14.3. The summed E-state index contributed by atoms with van der Waals surface area (Å²) in [4.78, 5) is 14.9. The maximum Gasteiger partial charge on any atom is 0.279 e. The third-order valence-electron chi connectivity index (χ3n) is 4.78. The van der Waals surface area contributed by atoms with Gasteiger partial charge in [0, 0.05) is 16.9 Å². The van der Waals surface area contributed by atoms with E-state index in [1.807, 2.05) is 30.5 Å². The highest BCUT2D eigenvalue weighted by molar-refractivity contribution is 7.98. The predicted molar refractivity (Wildman–Crippen MR) is 101 cm³/mol. The normalized spacial score (nSPS) is 17.8. The van der Waals surface area contributed by atoms with Gasteiger partial charge in [-0.3, -0.25) is 4.79 Å². The lowest BCUT2D eigenvalue weighted by molar-refractivity contribution is -0.905. The van der Waals surface area contributed by atoms with Gasteiger partial charge in [-0.05, 0) is 36.8 Å². The molecule has 0 radical (unpaired) electrons. The molecule has 3 nitrogen and oxygen atoms in total. The van der Waals surface area contributed by atoms with E-state index < -0.39 is 0 Å². The molecule has 0 bridgehead atoms. The van der Waals surface area contributed by atoms with Crippen molar-refractivity contribution >= 4 is 23.4 Å². The highest BCUT2D eigenvalue weighted by Gasteiger charge is 2.28. The fourth-order valence-corrected chi connectivity index (χ4v) is 4.14. The van der Waals surface area contributed by atoms with Crippen LogP contribution in [0.1, 0.15) is 30.0 Å². The van der Waals surface area contributed by atoms with E-state index >= 15 is 0 Å². The molecule has 0 aliphatic heterocycles. The molecular weight excluding hydrogens is 316 g/mol. The largest absolute Gasteiger partial charge is 0.323 e. The molecule has 0 saturated carbocycles. The first-order valence-corrected chi connectivity index (χ1v) is 9.74. The van der Waals surface area contributed by atoms with E-state index in [0.29, 0.717) is 12.6 Å². The number of hydrogen-bond donors (Lipinski definition) is 2. The Balaban J connectivity index is 1.67. The van der Waals surface area contributed by atoms with E-state index in [1.165, 1.54) is 22.4 Å². The first-order chi connectivity index (χ1) is 11.7. The Hall–Kier alpha value is -1.78. The molecule has 2 aromatic rings. The second kappa shape index (κ2) is 7.86. The molecule has 1 amide bonds. The number of rotatable bonds is 5. The average Bonchev–Trinajstić information content (AvgIpc) is 2.61. The van der Waals surface area contributed by atoms with Crippen molar-refractivity contribution in [1.82, 2.24) is 0 Å². The Morgan fingerprint density at radius 2 is 1.96 bits per heavy atom. The molecule has 3 rings (SSSR count). The van der Waals surface area contributed by atoms with Crippen molar-refractivity contribution in [1.29, 1.82) is 0 Å². The van der Waals surface area contributed by atoms with E-state index in [9.17, 15) is 4.79 Å². The zero-order valence-corrected chi connectivity index (χ0v) is 15.2. The van der Waals surface area contributed by atoms with Crippen LogP contribution in [-0.2, 0) is 11.2 Å². The average molecular weight is 342 g/mol. The molecule has 1 aliphatic rings. The van der Waals surface area contributed by atoms with Gasteiger partial charge in [0.1, 0.15) is 6.04 Å². The van der Waals surface area contributed by atoms with Crippen molar-refractivity contribution in [2.75, 3.05) is 25.2 Å². The molecule has 0 spiro atoms. The summed E-state index contributed by atoms with van der Waals surface area (Å²) in [6.07, 6.45) is 5.54. The summed E-state index contributed by atoms with van der Waals surface area (Å²) in [6, 6.07) is 17.1. The third-order valence-corrected chi connectivity index (χ3v) is 5.58. The van der Waals surface area contributed by atoms with Crippen LogP contribution in [-0.4, -0.2) is 25.8 Å². The van der Waals surface area contributed by atoms with Gasteiger partial charge in [-0.1, -0.05) is 36.4 Å². The molecule has 2 aromatic carbocycles. The van der Waals surface area contributed by atoms with Crippen LogP contribution in [0.3, 0.4) is 0 Å². The van der Waals surface area contributed by atoms with Gasteiger partial charge >= 0.3 is 0 Å². The molecule has 0 saturated heterocycles. The molecule has 126 valence electrons. The molecule has 4 heteroatoms. The minimum Gasteiger partial charge on any atom is -0.323 e. The number of nitrogens with one attached hydrogen (secondary N) is 2. The van der Waals surface area contributed by atoms with E-state index in [4.69, 9.17) is 0 Å². The second-order valence-corrected chi connectivity index (χ2v) is 7.26. The minimum absolute atomic E-state index is 0.0806. The van der Waals surface area contributed by atoms with Crippen molar-refractivity contribution in [2.24, 2.45) is 0 Å². The summed E-state index contributed by atoms with van der Waals surface area (Å²) in [5, 5.41) is 3.07. The fraction of sp³-hybridized carbons (Fsp3) is 0.350. The van der Waals surface area contributed by atoms with Gasteiger partial charge in [-0.15, -0.1) is 11.8 Å². The van der Waals surface area contributed by atoms with E-state index in [0.717, 1.165) is 23.4 Å². The lowest BCUT2D eigenvalue weighted by atomic mass is 9.87. The number of carbonyl (C=O) groups is 1. The first kappa shape index (κ1) is 17.1. The van der Waals surface area contributed by atoms with Crippen LogP contribution < -0.4 is 10.2 Å². The van der Waals surface area contributed by atoms with Crippen LogP contribution in [0.2, 0.25) is 0 Å². The van der Waals surface area contributed by atoms with Crippen molar-refractivity contribution in [2.45, 2.75) is 30.2 Å². The Bertz CT molecular complexity index is 716. The van der Waals surface area contributed by atoms with Crippen LogP contribution in [0.5, 0.6) is 0 Å². The SMILES string of the molecule is CSc1ccccc1NC(=O)C[NH+](C)[C@@H]1CCCc2ccccc21. The van der Waals surface area contributed by atoms with Crippen LogP contribution in [0.4, 0.5) is 5.69 Å². The number of anilines is 1. The van der Waals surface area contributed by atoms with Crippen LogP contribution in [0.15, 0.2) is 53.4 Å². The van der Waals surface area contributed by atoms with E-state index in [-0.39, 0.29) is 5.91 Å². The van der Waals surface area contributed by atoms with E-state index in [2.05, 4.69) is 36.6 Å². The second-order valence-electron chi connectivity index (χ2n) is 6.42. The standard InChI is InChI=1S/C20H24N2OS/c1-22(18-12-7-9-15-8-3-4-10-16(15)18)14-20(23)21-17-11-5-6-13-19(17)24-2/h3-6,8,10-11,13,18H,7,9,12,14H2,1-2H3,(H,21,23)/p+1/t18-/m1/s1. The molecule has 0 fully saturated rings. The van der Waals surface area contributed by atoms with Gasteiger partial charge < -0.3 is 10.2 Å². The quantitative estimate of drug-likeness (QED) is 0.820. The van der Waals surface area contributed by atoms with Gasteiger partial charge in [0.15, 0.2) is 6.54 Å². The third kappa shape index (κ3) is 3.82. The summed E-state index contributed by atoms with van der Waals surface area (Å²) in [5.74, 6) is 0.0806. The maximum atomic E-state index is 12.5. The van der Waals surface area contributed by atoms with Gasteiger partial charge in [0.25, 0.3) is 5.91 Å². The Morgan fingerprint density at radius 1 is 1.21 bits per heavy atom. The van der Waals surface area contributed by atoms with Gasteiger partial charge in [0.05, 0.1) is 12.7 Å². The van der Waals surface area contributed by atoms with Crippen LogP contribution in [0.25, 0.3) is 0 Å². The molecule has 24 heavy (non-hydrogen) atoms. The highest BCUT2D eigenvalue weighted by atomic mass is 32.2. The number of aryl methyl sites for hydroxylation is 1. The summed E-state index contributed by atoms with van der Waals surface area (Å²) in [6.45, 7) is 0.488. The molecule has 1 aliphatic carbocycles. The number of fused-ring (bicyclic) bond motifs is 1. The zero-order chi connectivity index (χ0) is 16.9. The van der Waals surface area contributed by atoms with Crippen LogP contribution in [0, 0.1) is 0 Å². The van der Waals surface area contributed by atoms with E-state index in [1.54, 1.807) is 11.8 Å². The number of thioether (sulfide) groups is 1. The number of quaternary nitrogens is 1. The fourth-order valence-electron chi connectivity index (χ4n) is 3.58. The molecule has 2 N–H and O–H groups in total. The number of benzene rings is 2. The summed E-state index contributed by atoms with van der Waals surface area (Å²) >= 11 is 1.65. The maximum absolute atomic E-state index is 12.5. The highest BCUT2D eigenvalue weighted by Crippen LogP contribution is 2.27. The van der Waals surface area contributed by atoms with Gasteiger partial charge in [-0.25, -0.2) is 0 Å². The molecule has 0 heterocycles. The lowest BCUT2D eigenvalue weighted by Crippen LogP contribution is -3.10.